The predicted molar refractivity (Wildman–Crippen MR) is 95.2 cm³/mol. The molecule has 0 aliphatic rings. The molecule has 126 valence electrons. The van der Waals surface area contributed by atoms with Gasteiger partial charge in [-0.05, 0) is 44.0 Å². The Labute approximate surface area is 146 Å². The molecule has 0 bridgehead atoms. The van der Waals surface area contributed by atoms with Crippen molar-refractivity contribution in [2.75, 3.05) is 11.9 Å². The van der Waals surface area contributed by atoms with Gasteiger partial charge in [0.15, 0.2) is 6.61 Å². The zero-order valence-electron chi connectivity index (χ0n) is 13.9. The molecular weight excluding hydrogens is 326 g/mol. The van der Waals surface area contributed by atoms with Crippen LogP contribution in [0.1, 0.15) is 25.0 Å². The number of rotatable bonds is 5. The Kier molecular flexibility index (Phi) is 5.62. The van der Waals surface area contributed by atoms with Crippen molar-refractivity contribution in [1.29, 1.82) is 0 Å². The largest absolute Gasteiger partial charge is 0.455 e. The lowest BCUT2D eigenvalue weighted by Gasteiger charge is -2.23. The minimum Gasteiger partial charge on any atom is -0.455 e. The lowest BCUT2D eigenvalue weighted by atomic mass is 9.85. The van der Waals surface area contributed by atoms with Gasteiger partial charge in [-0.25, -0.2) is 0 Å². The van der Waals surface area contributed by atoms with Gasteiger partial charge in [0.25, 0.3) is 5.91 Å². The number of halogens is 1. The number of carbonyl (C=O) groups is 2. The van der Waals surface area contributed by atoms with E-state index in [0.717, 1.165) is 11.1 Å². The Morgan fingerprint density at radius 1 is 1.08 bits per heavy atom. The van der Waals surface area contributed by atoms with Crippen molar-refractivity contribution in [2.45, 2.75) is 26.2 Å². The van der Waals surface area contributed by atoms with Crippen LogP contribution in [0.15, 0.2) is 48.5 Å². The number of anilines is 1. The first-order chi connectivity index (χ1) is 11.3. The summed E-state index contributed by atoms with van der Waals surface area (Å²) in [5, 5.41) is 3.26. The van der Waals surface area contributed by atoms with Gasteiger partial charge in [0.2, 0.25) is 0 Å². The van der Waals surface area contributed by atoms with Crippen molar-refractivity contribution in [3.63, 3.8) is 0 Å². The minimum atomic E-state index is -0.826. The Morgan fingerprint density at radius 3 is 2.42 bits per heavy atom. The zero-order chi connectivity index (χ0) is 17.7. The standard InChI is InChI=1S/C19H20ClNO3/c1-13-15(20)10-7-11-16(13)21-17(22)12-24-18(23)19(2,3)14-8-5-4-6-9-14/h4-11H,12H2,1-3H3,(H,21,22). The summed E-state index contributed by atoms with van der Waals surface area (Å²) in [5.74, 6) is -0.857. The molecule has 2 aromatic carbocycles. The molecule has 0 saturated heterocycles. The predicted octanol–water partition coefficient (Wildman–Crippen LogP) is 4.11. The number of amides is 1. The number of nitrogens with one attached hydrogen (secondary N) is 1. The fourth-order valence-electron chi connectivity index (χ4n) is 2.21. The van der Waals surface area contributed by atoms with E-state index in [1.54, 1.807) is 32.0 Å². The zero-order valence-corrected chi connectivity index (χ0v) is 14.7. The smallest absolute Gasteiger partial charge is 0.316 e. The van der Waals surface area contributed by atoms with Crippen LogP contribution in [0.4, 0.5) is 5.69 Å². The topological polar surface area (TPSA) is 55.4 Å². The summed E-state index contributed by atoms with van der Waals surface area (Å²) in [7, 11) is 0. The lowest BCUT2D eigenvalue weighted by molar-refractivity contribution is -0.152. The molecule has 0 aliphatic heterocycles. The lowest BCUT2D eigenvalue weighted by Crippen LogP contribution is -2.33. The summed E-state index contributed by atoms with van der Waals surface area (Å²) in [4.78, 5) is 24.3. The van der Waals surface area contributed by atoms with Crippen molar-refractivity contribution < 1.29 is 14.3 Å². The highest BCUT2D eigenvalue weighted by Gasteiger charge is 2.31. The van der Waals surface area contributed by atoms with E-state index in [0.29, 0.717) is 10.7 Å². The molecule has 2 aromatic rings. The van der Waals surface area contributed by atoms with E-state index in [1.165, 1.54) is 0 Å². The molecule has 2 rings (SSSR count). The second-order valence-electron chi connectivity index (χ2n) is 6.03. The minimum absolute atomic E-state index is 0.346. The number of carbonyl (C=O) groups excluding carboxylic acids is 2. The average molecular weight is 346 g/mol. The second-order valence-corrected chi connectivity index (χ2v) is 6.43. The van der Waals surface area contributed by atoms with E-state index in [1.807, 2.05) is 37.3 Å². The molecule has 0 saturated carbocycles. The molecule has 0 fully saturated rings. The van der Waals surface area contributed by atoms with Crippen LogP contribution in [0.2, 0.25) is 5.02 Å². The van der Waals surface area contributed by atoms with Gasteiger partial charge in [-0.1, -0.05) is 48.0 Å². The highest BCUT2D eigenvalue weighted by molar-refractivity contribution is 6.31. The van der Waals surface area contributed by atoms with E-state index in [-0.39, 0.29) is 6.61 Å². The number of hydrogen-bond acceptors (Lipinski definition) is 3. The Bertz CT molecular complexity index is 742. The van der Waals surface area contributed by atoms with Gasteiger partial charge in [0.1, 0.15) is 0 Å². The number of esters is 1. The van der Waals surface area contributed by atoms with E-state index in [9.17, 15) is 9.59 Å². The monoisotopic (exact) mass is 345 g/mol. The van der Waals surface area contributed by atoms with Crippen LogP contribution in [0.25, 0.3) is 0 Å². The second kappa shape index (κ2) is 7.49. The Balaban J connectivity index is 1.96. The third kappa shape index (κ3) is 4.15. The summed E-state index contributed by atoms with van der Waals surface area (Å²) in [6, 6.07) is 14.6. The molecule has 0 aromatic heterocycles. The molecule has 0 unspecified atom stereocenters. The highest BCUT2D eigenvalue weighted by atomic mass is 35.5. The highest BCUT2D eigenvalue weighted by Crippen LogP contribution is 2.25. The van der Waals surface area contributed by atoms with Crippen molar-refractivity contribution in [3.05, 3.63) is 64.7 Å². The van der Waals surface area contributed by atoms with Crippen LogP contribution >= 0.6 is 11.6 Å². The first kappa shape index (κ1) is 18.0. The molecule has 0 atom stereocenters. The number of hydrogen-bond donors (Lipinski definition) is 1. The maximum atomic E-state index is 12.3. The molecule has 0 radical (unpaired) electrons. The fourth-order valence-corrected chi connectivity index (χ4v) is 2.39. The first-order valence-corrected chi connectivity index (χ1v) is 7.98. The maximum Gasteiger partial charge on any atom is 0.316 e. The van der Waals surface area contributed by atoms with Crippen LogP contribution in [-0.2, 0) is 19.7 Å². The van der Waals surface area contributed by atoms with Crippen LogP contribution in [0, 0.1) is 6.92 Å². The summed E-state index contributed by atoms with van der Waals surface area (Å²) >= 11 is 6.02. The van der Waals surface area contributed by atoms with Gasteiger partial charge in [0, 0.05) is 10.7 Å². The van der Waals surface area contributed by atoms with Gasteiger partial charge >= 0.3 is 5.97 Å². The van der Waals surface area contributed by atoms with Crippen molar-refractivity contribution in [1.82, 2.24) is 0 Å². The maximum absolute atomic E-state index is 12.3. The van der Waals surface area contributed by atoms with Gasteiger partial charge in [-0.15, -0.1) is 0 Å². The van der Waals surface area contributed by atoms with Crippen molar-refractivity contribution in [2.24, 2.45) is 0 Å². The quantitative estimate of drug-likeness (QED) is 0.830. The summed E-state index contributed by atoms with van der Waals surface area (Å²) in [6.07, 6.45) is 0. The molecule has 4 nitrogen and oxygen atoms in total. The summed E-state index contributed by atoms with van der Waals surface area (Å²) < 4.78 is 5.18. The summed E-state index contributed by atoms with van der Waals surface area (Å²) in [6.45, 7) is 5.00. The van der Waals surface area contributed by atoms with Crippen molar-refractivity contribution in [3.8, 4) is 0 Å². The van der Waals surface area contributed by atoms with E-state index < -0.39 is 17.3 Å². The van der Waals surface area contributed by atoms with Crippen LogP contribution in [0.3, 0.4) is 0 Å². The number of benzene rings is 2. The normalized spacial score (nSPS) is 11.0. The fraction of sp³-hybridized carbons (Fsp3) is 0.263. The Hall–Kier alpha value is -2.33. The molecule has 0 spiro atoms. The van der Waals surface area contributed by atoms with Gasteiger partial charge in [0.05, 0.1) is 5.41 Å². The molecule has 0 heterocycles. The van der Waals surface area contributed by atoms with Gasteiger partial charge in [-0.3, -0.25) is 9.59 Å². The van der Waals surface area contributed by atoms with Crippen LogP contribution < -0.4 is 5.32 Å². The van der Waals surface area contributed by atoms with Crippen molar-refractivity contribution >= 4 is 29.2 Å². The van der Waals surface area contributed by atoms with Crippen LogP contribution in [-0.4, -0.2) is 18.5 Å². The summed E-state index contributed by atoms with van der Waals surface area (Å²) in [5.41, 5.74) is 1.38. The van der Waals surface area contributed by atoms with E-state index >= 15 is 0 Å². The molecule has 24 heavy (non-hydrogen) atoms. The molecule has 1 amide bonds. The average Bonchev–Trinajstić information content (AvgIpc) is 2.57. The van der Waals surface area contributed by atoms with Crippen LogP contribution in [0.5, 0.6) is 0 Å². The first-order valence-electron chi connectivity index (χ1n) is 7.60. The van der Waals surface area contributed by atoms with E-state index in [2.05, 4.69) is 5.32 Å². The van der Waals surface area contributed by atoms with Gasteiger partial charge < -0.3 is 10.1 Å². The number of ether oxygens (including phenoxy) is 1. The molecule has 0 aliphatic carbocycles. The third-order valence-electron chi connectivity index (χ3n) is 3.88. The molecule has 5 heteroatoms. The van der Waals surface area contributed by atoms with Gasteiger partial charge in [-0.2, -0.15) is 0 Å². The van der Waals surface area contributed by atoms with E-state index in [4.69, 9.17) is 16.3 Å². The Morgan fingerprint density at radius 2 is 1.75 bits per heavy atom. The SMILES string of the molecule is Cc1c(Cl)cccc1NC(=O)COC(=O)C(C)(C)c1ccccc1. The molecule has 1 N–H and O–H groups in total. The third-order valence-corrected chi connectivity index (χ3v) is 4.29. The molecular formula is C19H20ClNO3.